The summed E-state index contributed by atoms with van der Waals surface area (Å²) in [6.45, 7) is 2.22. The molecule has 1 unspecified atom stereocenters. The van der Waals surface area contributed by atoms with Crippen LogP contribution in [0.5, 0.6) is 0 Å². The van der Waals surface area contributed by atoms with E-state index >= 15 is 0 Å². The van der Waals surface area contributed by atoms with Gasteiger partial charge in [0.2, 0.25) is 0 Å². The predicted octanol–water partition coefficient (Wildman–Crippen LogP) is 4.69. The SMILES string of the molecule is CCCCCCCCCCCCC(OC(=O)CBr)C(=O)O. The highest BCUT2D eigenvalue weighted by atomic mass is 79.9. The van der Waals surface area contributed by atoms with Crippen molar-refractivity contribution in [3.05, 3.63) is 0 Å². The van der Waals surface area contributed by atoms with E-state index in [1.54, 1.807) is 0 Å². The number of alkyl halides is 1. The van der Waals surface area contributed by atoms with Crippen LogP contribution in [0.3, 0.4) is 0 Å². The highest BCUT2D eigenvalue weighted by molar-refractivity contribution is 9.09. The molecular formula is C16H29BrO4. The van der Waals surface area contributed by atoms with Gasteiger partial charge in [0, 0.05) is 0 Å². The lowest BCUT2D eigenvalue weighted by Gasteiger charge is -2.12. The number of carbonyl (C=O) groups excluding carboxylic acids is 1. The molecule has 0 aromatic heterocycles. The fourth-order valence-electron chi connectivity index (χ4n) is 2.24. The topological polar surface area (TPSA) is 63.6 Å². The molecule has 0 aliphatic heterocycles. The maximum absolute atomic E-state index is 11.1. The Morgan fingerprint density at radius 1 is 0.952 bits per heavy atom. The number of halogens is 1. The second-order valence-corrected chi connectivity index (χ2v) is 5.98. The Morgan fingerprint density at radius 2 is 1.43 bits per heavy atom. The van der Waals surface area contributed by atoms with Crippen LogP contribution in [-0.2, 0) is 14.3 Å². The van der Waals surface area contributed by atoms with E-state index in [-0.39, 0.29) is 5.33 Å². The Bertz CT molecular complexity index is 281. The van der Waals surface area contributed by atoms with E-state index in [2.05, 4.69) is 22.9 Å². The molecular weight excluding hydrogens is 336 g/mol. The molecule has 5 heteroatoms. The van der Waals surface area contributed by atoms with Crippen LogP contribution in [0.15, 0.2) is 0 Å². The minimum absolute atomic E-state index is 0.0365. The average molecular weight is 365 g/mol. The Morgan fingerprint density at radius 3 is 1.86 bits per heavy atom. The number of carbonyl (C=O) groups is 2. The normalized spacial score (nSPS) is 12.1. The average Bonchev–Trinajstić information content (AvgIpc) is 2.47. The fourth-order valence-corrected chi connectivity index (χ4v) is 2.37. The van der Waals surface area contributed by atoms with Crippen molar-refractivity contribution in [3.63, 3.8) is 0 Å². The number of ether oxygens (including phenoxy) is 1. The van der Waals surface area contributed by atoms with Crippen molar-refractivity contribution >= 4 is 27.9 Å². The van der Waals surface area contributed by atoms with Gasteiger partial charge in [0.25, 0.3) is 0 Å². The summed E-state index contributed by atoms with van der Waals surface area (Å²) in [4.78, 5) is 22.0. The highest BCUT2D eigenvalue weighted by Crippen LogP contribution is 2.13. The lowest BCUT2D eigenvalue weighted by Crippen LogP contribution is -2.27. The van der Waals surface area contributed by atoms with E-state index in [0.29, 0.717) is 6.42 Å². The number of hydrogen-bond acceptors (Lipinski definition) is 3. The van der Waals surface area contributed by atoms with Gasteiger partial charge in [-0.3, -0.25) is 4.79 Å². The lowest BCUT2D eigenvalue weighted by atomic mass is 10.0. The van der Waals surface area contributed by atoms with Gasteiger partial charge in [-0.1, -0.05) is 80.6 Å². The molecule has 0 aromatic rings. The molecule has 0 aliphatic carbocycles. The molecule has 0 heterocycles. The maximum atomic E-state index is 11.1. The lowest BCUT2D eigenvalue weighted by molar-refractivity contribution is -0.162. The van der Waals surface area contributed by atoms with Crippen LogP contribution in [0.4, 0.5) is 0 Å². The van der Waals surface area contributed by atoms with E-state index in [0.717, 1.165) is 19.3 Å². The van der Waals surface area contributed by atoms with Crippen molar-refractivity contribution in [3.8, 4) is 0 Å². The largest absolute Gasteiger partial charge is 0.479 e. The molecule has 0 bridgehead atoms. The van der Waals surface area contributed by atoms with Gasteiger partial charge >= 0.3 is 11.9 Å². The molecule has 21 heavy (non-hydrogen) atoms. The van der Waals surface area contributed by atoms with Crippen molar-refractivity contribution < 1.29 is 19.4 Å². The molecule has 0 aromatic carbocycles. The van der Waals surface area contributed by atoms with Gasteiger partial charge in [-0.2, -0.15) is 0 Å². The summed E-state index contributed by atoms with van der Waals surface area (Å²) in [6.07, 6.45) is 11.4. The monoisotopic (exact) mass is 364 g/mol. The van der Waals surface area contributed by atoms with Crippen LogP contribution in [0.2, 0.25) is 0 Å². The third-order valence-corrected chi connectivity index (χ3v) is 3.94. The maximum Gasteiger partial charge on any atom is 0.345 e. The van der Waals surface area contributed by atoms with E-state index in [1.165, 1.54) is 44.9 Å². The summed E-state index contributed by atoms with van der Waals surface area (Å²) in [6, 6.07) is 0. The summed E-state index contributed by atoms with van der Waals surface area (Å²) >= 11 is 2.96. The summed E-state index contributed by atoms with van der Waals surface area (Å²) in [5.74, 6) is -1.57. The molecule has 0 rings (SSSR count). The Labute approximate surface area is 136 Å². The van der Waals surface area contributed by atoms with Crippen molar-refractivity contribution in [2.75, 3.05) is 5.33 Å². The van der Waals surface area contributed by atoms with Crippen molar-refractivity contribution in [1.29, 1.82) is 0 Å². The van der Waals surface area contributed by atoms with Crippen LogP contribution in [-0.4, -0.2) is 28.5 Å². The quantitative estimate of drug-likeness (QED) is 0.276. The zero-order valence-electron chi connectivity index (χ0n) is 13.1. The third kappa shape index (κ3) is 12.8. The molecule has 4 nitrogen and oxygen atoms in total. The van der Waals surface area contributed by atoms with E-state index in [4.69, 9.17) is 9.84 Å². The summed E-state index contributed by atoms with van der Waals surface area (Å²) < 4.78 is 4.86. The molecule has 1 atom stereocenters. The van der Waals surface area contributed by atoms with E-state index < -0.39 is 18.0 Å². The summed E-state index contributed by atoms with van der Waals surface area (Å²) in [7, 11) is 0. The minimum atomic E-state index is -1.06. The molecule has 0 spiro atoms. The van der Waals surface area contributed by atoms with Gasteiger partial charge in [-0.15, -0.1) is 0 Å². The molecule has 0 amide bonds. The third-order valence-electron chi connectivity index (χ3n) is 3.48. The van der Waals surface area contributed by atoms with Crippen molar-refractivity contribution in [2.45, 2.75) is 83.7 Å². The van der Waals surface area contributed by atoms with Gasteiger partial charge in [-0.25, -0.2) is 4.79 Å². The zero-order chi connectivity index (χ0) is 15.9. The molecule has 0 radical (unpaired) electrons. The summed E-state index contributed by atoms with van der Waals surface area (Å²) in [5.41, 5.74) is 0. The molecule has 1 N–H and O–H groups in total. The van der Waals surface area contributed by atoms with Crippen molar-refractivity contribution in [2.24, 2.45) is 0 Å². The first kappa shape index (κ1) is 20.4. The van der Waals surface area contributed by atoms with Gasteiger partial charge < -0.3 is 9.84 Å². The Balaban J connectivity index is 3.50. The Hall–Kier alpha value is -0.580. The number of carboxylic acids is 1. The van der Waals surface area contributed by atoms with Crippen molar-refractivity contribution in [1.82, 2.24) is 0 Å². The molecule has 124 valence electrons. The molecule has 0 fully saturated rings. The van der Waals surface area contributed by atoms with Gasteiger partial charge in [0.15, 0.2) is 6.10 Å². The first-order chi connectivity index (χ1) is 10.1. The van der Waals surface area contributed by atoms with Gasteiger partial charge in [0.05, 0.1) is 0 Å². The first-order valence-corrected chi connectivity index (χ1v) is 9.22. The van der Waals surface area contributed by atoms with Crippen LogP contribution >= 0.6 is 15.9 Å². The number of hydrogen-bond donors (Lipinski definition) is 1. The van der Waals surface area contributed by atoms with Gasteiger partial charge in [-0.05, 0) is 12.8 Å². The van der Waals surface area contributed by atoms with E-state index in [9.17, 15) is 9.59 Å². The fraction of sp³-hybridized carbons (Fsp3) is 0.875. The van der Waals surface area contributed by atoms with Crippen LogP contribution in [0.25, 0.3) is 0 Å². The number of unbranched alkanes of at least 4 members (excludes halogenated alkanes) is 9. The number of aliphatic carboxylic acids is 1. The van der Waals surface area contributed by atoms with Crippen LogP contribution < -0.4 is 0 Å². The number of carboxylic acid groups (broad SMARTS) is 1. The number of esters is 1. The van der Waals surface area contributed by atoms with E-state index in [1.807, 2.05) is 0 Å². The second-order valence-electron chi connectivity index (χ2n) is 5.42. The van der Waals surface area contributed by atoms with Crippen LogP contribution in [0.1, 0.15) is 77.6 Å². The second kappa shape index (κ2) is 14.4. The molecule has 0 aliphatic rings. The number of rotatable bonds is 14. The van der Waals surface area contributed by atoms with Gasteiger partial charge in [0.1, 0.15) is 5.33 Å². The molecule has 0 saturated heterocycles. The summed E-state index contributed by atoms with van der Waals surface area (Å²) in [5, 5.41) is 9.01. The predicted molar refractivity (Wildman–Crippen MR) is 87.8 cm³/mol. The minimum Gasteiger partial charge on any atom is -0.479 e. The molecule has 0 saturated carbocycles. The standard InChI is InChI=1S/C16H29BrO4/c1-2-3-4-5-6-7-8-9-10-11-12-14(16(19)20)21-15(18)13-17/h14H,2-13H2,1H3,(H,19,20). The Kier molecular flexibility index (Phi) is 14.0. The highest BCUT2D eigenvalue weighted by Gasteiger charge is 2.20. The zero-order valence-corrected chi connectivity index (χ0v) is 14.7. The van der Waals surface area contributed by atoms with Crippen LogP contribution in [0, 0.1) is 0 Å². The smallest absolute Gasteiger partial charge is 0.345 e. The first-order valence-electron chi connectivity index (χ1n) is 8.10.